The average Bonchev–Trinajstić information content (AvgIpc) is 3.60. The molecule has 0 heterocycles. The summed E-state index contributed by atoms with van der Waals surface area (Å²) in [6.45, 7) is 1.08. The van der Waals surface area contributed by atoms with Crippen LogP contribution >= 0.6 is 0 Å². The highest BCUT2D eigenvalue weighted by Gasteiger charge is 2.43. The van der Waals surface area contributed by atoms with Crippen molar-refractivity contribution < 1.29 is 24.2 Å². The zero-order chi connectivity index (χ0) is 24.4. The maximum atomic E-state index is 12.8. The molecule has 0 bridgehead atoms. The van der Waals surface area contributed by atoms with E-state index < -0.39 is 12.1 Å². The highest BCUT2D eigenvalue weighted by Crippen LogP contribution is 2.44. The van der Waals surface area contributed by atoms with Gasteiger partial charge >= 0.3 is 12.1 Å². The largest absolute Gasteiger partial charge is 0.481 e. The van der Waals surface area contributed by atoms with E-state index in [1.54, 1.807) is 0 Å². The van der Waals surface area contributed by atoms with Gasteiger partial charge in [-0.25, -0.2) is 4.79 Å². The fraction of sp³-hybridized carbons (Fsp3) is 0.464. The van der Waals surface area contributed by atoms with E-state index >= 15 is 0 Å². The van der Waals surface area contributed by atoms with E-state index in [1.807, 2.05) is 24.3 Å². The van der Waals surface area contributed by atoms with Crippen molar-refractivity contribution >= 4 is 18.0 Å². The lowest BCUT2D eigenvalue weighted by molar-refractivity contribution is -0.139. The van der Waals surface area contributed by atoms with Crippen LogP contribution in [0.1, 0.15) is 49.1 Å². The molecular formula is C28H32N2O5. The molecule has 35 heavy (non-hydrogen) atoms. The summed E-state index contributed by atoms with van der Waals surface area (Å²) >= 11 is 0. The average molecular weight is 477 g/mol. The first-order valence-electron chi connectivity index (χ1n) is 12.6. The molecule has 0 aliphatic heterocycles. The van der Waals surface area contributed by atoms with Crippen molar-refractivity contribution in [2.75, 3.05) is 19.7 Å². The maximum Gasteiger partial charge on any atom is 0.407 e. The molecule has 4 unspecified atom stereocenters. The number of hydrogen-bond donors (Lipinski definition) is 3. The van der Waals surface area contributed by atoms with Gasteiger partial charge < -0.3 is 20.5 Å². The second-order valence-electron chi connectivity index (χ2n) is 10.0. The Bertz CT molecular complexity index is 1070. The summed E-state index contributed by atoms with van der Waals surface area (Å²) in [5.74, 6) is -1.20. The number of nitrogens with one attached hydrogen (secondary N) is 2. The van der Waals surface area contributed by atoms with Gasteiger partial charge in [0.25, 0.3) is 0 Å². The summed E-state index contributed by atoms with van der Waals surface area (Å²) in [5, 5.41) is 14.9. The lowest BCUT2D eigenvalue weighted by atomic mass is 9.78. The number of alkyl carbamates (subject to hydrolysis) is 1. The third kappa shape index (κ3) is 5.04. The van der Waals surface area contributed by atoms with E-state index in [9.17, 15) is 14.4 Å². The van der Waals surface area contributed by atoms with Crippen molar-refractivity contribution in [3.63, 3.8) is 0 Å². The van der Waals surface area contributed by atoms with E-state index in [0.29, 0.717) is 19.5 Å². The Kier molecular flexibility index (Phi) is 6.75. The van der Waals surface area contributed by atoms with Crippen LogP contribution in [-0.4, -0.2) is 42.8 Å². The van der Waals surface area contributed by atoms with Crippen LogP contribution in [0.25, 0.3) is 11.1 Å². The zero-order valence-electron chi connectivity index (χ0n) is 19.7. The van der Waals surface area contributed by atoms with Gasteiger partial charge in [-0.3, -0.25) is 9.59 Å². The molecule has 2 saturated carbocycles. The monoisotopic (exact) mass is 476 g/mol. The van der Waals surface area contributed by atoms with Crippen LogP contribution in [0, 0.1) is 23.7 Å². The molecule has 2 aromatic rings. The van der Waals surface area contributed by atoms with E-state index in [4.69, 9.17) is 9.84 Å². The summed E-state index contributed by atoms with van der Waals surface area (Å²) in [4.78, 5) is 36.4. The lowest BCUT2D eigenvalue weighted by Gasteiger charge is -2.30. The standard InChI is InChI=1S/C28H32N2O5/c31-26(29-15-18-13-24(18)27(32)33)19-8-2-1-7-17(19)14-30-28(34)35-16-25-22-11-5-3-9-20(22)21-10-4-6-12-23(21)25/h3-6,9-12,17-19,24-25H,1-2,7-8,13-16H2,(H,29,31)(H,30,34)(H,32,33). The Hall–Kier alpha value is -3.35. The van der Waals surface area contributed by atoms with Crippen molar-refractivity contribution in [2.24, 2.45) is 23.7 Å². The molecule has 184 valence electrons. The van der Waals surface area contributed by atoms with Crippen LogP contribution in [0.3, 0.4) is 0 Å². The van der Waals surface area contributed by atoms with Crippen LogP contribution < -0.4 is 10.6 Å². The van der Waals surface area contributed by atoms with Crippen LogP contribution in [0.15, 0.2) is 48.5 Å². The molecule has 0 aromatic heterocycles. The first kappa shape index (κ1) is 23.4. The van der Waals surface area contributed by atoms with Gasteiger partial charge in [0.15, 0.2) is 0 Å². The SMILES string of the molecule is O=C(NCC1CCCCC1C(=O)NCC1CC1C(=O)O)OCC1c2ccccc2-c2ccccc21. The molecule has 3 aliphatic carbocycles. The number of amides is 2. The quantitative estimate of drug-likeness (QED) is 0.531. The maximum absolute atomic E-state index is 12.8. The van der Waals surface area contributed by atoms with E-state index in [-0.39, 0.29) is 42.1 Å². The lowest BCUT2D eigenvalue weighted by Crippen LogP contribution is -2.42. The molecule has 7 nitrogen and oxygen atoms in total. The molecule has 5 rings (SSSR count). The third-order valence-electron chi connectivity index (χ3n) is 7.88. The number of fused-ring (bicyclic) bond motifs is 3. The topological polar surface area (TPSA) is 105 Å². The van der Waals surface area contributed by atoms with Gasteiger partial charge in [0, 0.05) is 24.9 Å². The number of benzene rings is 2. The predicted octanol–water partition coefficient (Wildman–Crippen LogP) is 4.17. The van der Waals surface area contributed by atoms with E-state index in [1.165, 1.54) is 22.3 Å². The van der Waals surface area contributed by atoms with Gasteiger partial charge in [-0.2, -0.15) is 0 Å². The third-order valence-corrected chi connectivity index (χ3v) is 7.88. The number of ether oxygens (including phenoxy) is 1. The molecule has 4 atom stereocenters. The Morgan fingerprint density at radius 2 is 1.46 bits per heavy atom. The summed E-state index contributed by atoms with van der Waals surface area (Å²) in [6.07, 6.45) is 3.86. The van der Waals surface area contributed by atoms with Crippen LogP contribution in [0.4, 0.5) is 4.79 Å². The Labute approximate surface area is 205 Å². The number of carboxylic acid groups (broad SMARTS) is 1. The summed E-state index contributed by atoms with van der Waals surface area (Å²) < 4.78 is 5.64. The van der Waals surface area contributed by atoms with E-state index in [2.05, 4.69) is 34.9 Å². The number of hydrogen-bond acceptors (Lipinski definition) is 4. The fourth-order valence-electron chi connectivity index (χ4n) is 5.80. The normalized spacial score (nSPS) is 24.7. The van der Waals surface area contributed by atoms with Crippen molar-refractivity contribution in [3.05, 3.63) is 59.7 Å². The minimum Gasteiger partial charge on any atom is -0.481 e. The second kappa shape index (κ2) is 10.1. The van der Waals surface area contributed by atoms with Gasteiger partial charge in [0.2, 0.25) is 5.91 Å². The molecule has 3 aliphatic rings. The minimum absolute atomic E-state index is 0.0124. The van der Waals surface area contributed by atoms with Crippen LogP contribution in [-0.2, 0) is 14.3 Å². The summed E-state index contributed by atoms with van der Waals surface area (Å²) in [5.41, 5.74) is 4.72. The highest BCUT2D eigenvalue weighted by molar-refractivity contribution is 5.80. The van der Waals surface area contributed by atoms with Gasteiger partial charge in [-0.15, -0.1) is 0 Å². The fourth-order valence-corrected chi connectivity index (χ4v) is 5.80. The molecular weight excluding hydrogens is 444 g/mol. The number of carbonyl (C=O) groups is 3. The van der Waals surface area contributed by atoms with Crippen molar-refractivity contribution in [1.29, 1.82) is 0 Å². The molecule has 2 fully saturated rings. The molecule has 2 amide bonds. The highest BCUT2D eigenvalue weighted by atomic mass is 16.5. The summed E-state index contributed by atoms with van der Waals surface area (Å²) in [7, 11) is 0. The number of aliphatic carboxylic acids is 1. The van der Waals surface area contributed by atoms with Crippen molar-refractivity contribution in [3.8, 4) is 11.1 Å². The number of rotatable bonds is 8. The first-order chi connectivity index (χ1) is 17.0. The van der Waals surface area contributed by atoms with Crippen molar-refractivity contribution in [2.45, 2.75) is 38.0 Å². The smallest absolute Gasteiger partial charge is 0.407 e. The minimum atomic E-state index is -0.785. The number of carboxylic acids is 1. The first-order valence-corrected chi connectivity index (χ1v) is 12.6. The number of carbonyl (C=O) groups excluding carboxylic acids is 2. The van der Waals surface area contributed by atoms with E-state index in [0.717, 1.165) is 25.7 Å². The molecule has 2 aromatic carbocycles. The molecule has 0 saturated heterocycles. The van der Waals surface area contributed by atoms with Gasteiger partial charge in [-0.1, -0.05) is 61.4 Å². The Balaban J connectivity index is 1.12. The van der Waals surface area contributed by atoms with Crippen LogP contribution in [0.2, 0.25) is 0 Å². The van der Waals surface area contributed by atoms with Gasteiger partial charge in [0.05, 0.1) is 5.92 Å². The van der Waals surface area contributed by atoms with Crippen molar-refractivity contribution in [1.82, 2.24) is 10.6 Å². The molecule has 7 heteroatoms. The Morgan fingerprint density at radius 1 is 0.829 bits per heavy atom. The molecule has 0 radical (unpaired) electrons. The second-order valence-corrected chi connectivity index (χ2v) is 10.0. The predicted molar refractivity (Wildman–Crippen MR) is 131 cm³/mol. The van der Waals surface area contributed by atoms with Crippen LogP contribution in [0.5, 0.6) is 0 Å². The molecule has 3 N–H and O–H groups in total. The zero-order valence-corrected chi connectivity index (χ0v) is 19.7. The summed E-state index contributed by atoms with van der Waals surface area (Å²) in [6, 6.07) is 16.5. The van der Waals surface area contributed by atoms with Gasteiger partial charge in [-0.05, 0) is 53.4 Å². The Morgan fingerprint density at radius 3 is 2.11 bits per heavy atom. The van der Waals surface area contributed by atoms with Gasteiger partial charge in [0.1, 0.15) is 6.61 Å². The molecule has 0 spiro atoms.